The van der Waals surface area contributed by atoms with E-state index in [0.29, 0.717) is 33.7 Å². The number of halogens is 5. The topological polar surface area (TPSA) is 72.2 Å². The molecule has 0 atom stereocenters. The summed E-state index contributed by atoms with van der Waals surface area (Å²) in [5.41, 5.74) is 2.97. The molecule has 1 aromatic carbocycles. The zero-order chi connectivity index (χ0) is 24.5. The van der Waals surface area contributed by atoms with E-state index in [1.54, 1.807) is 53.2 Å². The summed E-state index contributed by atoms with van der Waals surface area (Å²) in [6, 6.07) is 11.4. The van der Waals surface area contributed by atoms with Crippen molar-refractivity contribution >= 4 is 11.6 Å². The molecular formula is C23H18F5N5O. The fourth-order valence-corrected chi connectivity index (χ4v) is 3.40. The Morgan fingerprint density at radius 1 is 1.00 bits per heavy atom. The third kappa shape index (κ3) is 5.36. The largest absolute Gasteiger partial charge is 0.405 e. The SMILES string of the molecule is CC(F)(F)c1cc(-c2ccn3c(-c4cccc(CC(=O)NCC(F)(F)F)c4)cnc3c2)ncn1. The van der Waals surface area contributed by atoms with Crippen LogP contribution in [-0.2, 0) is 17.1 Å². The van der Waals surface area contributed by atoms with Gasteiger partial charge in [-0.2, -0.15) is 22.0 Å². The number of aromatic nitrogens is 4. The van der Waals surface area contributed by atoms with Gasteiger partial charge < -0.3 is 5.32 Å². The molecule has 3 heterocycles. The third-order valence-electron chi connectivity index (χ3n) is 5.00. The summed E-state index contributed by atoms with van der Waals surface area (Å²) in [5.74, 6) is -3.84. The standard InChI is InChI=1S/C23H18F5N5O/c1-22(24,25)19-10-17(31-13-32-19)15-5-6-33-18(11-29-20(33)9-15)16-4-2-3-14(7-16)8-21(34)30-12-23(26,27)28/h2-7,9-11,13H,8,12H2,1H3,(H,30,34). The Morgan fingerprint density at radius 2 is 1.79 bits per heavy atom. The maximum absolute atomic E-state index is 13.6. The highest BCUT2D eigenvalue weighted by Crippen LogP contribution is 2.29. The van der Waals surface area contributed by atoms with Crippen LogP contribution in [0.25, 0.3) is 28.2 Å². The first-order valence-corrected chi connectivity index (χ1v) is 10.1. The summed E-state index contributed by atoms with van der Waals surface area (Å²) in [4.78, 5) is 23.9. The minimum absolute atomic E-state index is 0.205. The van der Waals surface area contributed by atoms with Crippen molar-refractivity contribution < 1.29 is 26.7 Å². The molecule has 0 spiro atoms. The van der Waals surface area contributed by atoms with Crippen LogP contribution < -0.4 is 5.32 Å². The Kier molecular flexibility index (Phi) is 6.03. The van der Waals surface area contributed by atoms with Crippen LogP contribution in [0.2, 0.25) is 0 Å². The van der Waals surface area contributed by atoms with Crippen molar-refractivity contribution in [2.45, 2.75) is 25.4 Å². The number of fused-ring (bicyclic) bond motifs is 1. The van der Waals surface area contributed by atoms with E-state index in [1.807, 2.05) is 5.32 Å². The van der Waals surface area contributed by atoms with Crippen molar-refractivity contribution in [2.24, 2.45) is 0 Å². The van der Waals surface area contributed by atoms with Gasteiger partial charge >= 0.3 is 6.18 Å². The highest BCUT2D eigenvalue weighted by molar-refractivity contribution is 5.79. The second-order valence-corrected chi connectivity index (χ2v) is 7.73. The van der Waals surface area contributed by atoms with E-state index >= 15 is 0 Å². The van der Waals surface area contributed by atoms with Gasteiger partial charge in [-0.3, -0.25) is 9.20 Å². The molecule has 1 amide bonds. The Balaban J connectivity index is 1.59. The monoisotopic (exact) mass is 475 g/mol. The second-order valence-electron chi connectivity index (χ2n) is 7.73. The number of benzene rings is 1. The summed E-state index contributed by atoms with van der Waals surface area (Å²) in [5, 5.41) is 1.85. The van der Waals surface area contributed by atoms with Crippen LogP contribution in [0.5, 0.6) is 0 Å². The average Bonchev–Trinajstić information content (AvgIpc) is 3.20. The second kappa shape index (κ2) is 8.81. The van der Waals surface area contributed by atoms with Crippen molar-refractivity contribution in [3.63, 3.8) is 0 Å². The number of alkyl halides is 5. The van der Waals surface area contributed by atoms with Gasteiger partial charge in [0.1, 0.15) is 24.2 Å². The van der Waals surface area contributed by atoms with Gasteiger partial charge in [0, 0.05) is 24.2 Å². The van der Waals surface area contributed by atoms with Crippen LogP contribution >= 0.6 is 0 Å². The normalized spacial score (nSPS) is 12.2. The van der Waals surface area contributed by atoms with Crippen LogP contribution in [0.15, 0.2) is 61.2 Å². The molecule has 3 aromatic heterocycles. The van der Waals surface area contributed by atoms with Crippen molar-refractivity contribution in [2.75, 3.05) is 6.54 Å². The summed E-state index contributed by atoms with van der Waals surface area (Å²) in [6.45, 7) is -0.623. The van der Waals surface area contributed by atoms with Gasteiger partial charge in [0.2, 0.25) is 5.91 Å². The molecule has 4 aromatic rings. The maximum atomic E-state index is 13.6. The summed E-state index contributed by atoms with van der Waals surface area (Å²) < 4.78 is 65.9. The third-order valence-corrected chi connectivity index (χ3v) is 5.00. The molecule has 0 radical (unpaired) electrons. The first kappa shape index (κ1) is 23.3. The molecular weight excluding hydrogens is 457 g/mol. The first-order chi connectivity index (χ1) is 16.0. The van der Waals surface area contributed by atoms with Gasteiger partial charge in [-0.25, -0.2) is 15.0 Å². The summed E-state index contributed by atoms with van der Waals surface area (Å²) in [6.07, 6.45) is -0.282. The van der Waals surface area contributed by atoms with Gasteiger partial charge in [-0.1, -0.05) is 18.2 Å². The Morgan fingerprint density at radius 3 is 2.53 bits per heavy atom. The summed E-state index contributed by atoms with van der Waals surface area (Å²) in [7, 11) is 0. The number of pyridine rings is 1. The highest BCUT2D eigenvalue weighted by atomic mass is 19.4. The van der Waals surface area contributed by atoms with Gasteiger partial charge in [0.05, 0.1) is 24.0 Å². The molecule has 176 valence electrons. The Bertz CT molecular complexity index is 1340. The number of carbonyl (C=O) groups excluding carboxylic acids is 1. The van der Waals surface area contributed by atoms with E-state index < -0.39 is 30.2 Å². The maximum Gasteiger partial charge on any atom is 0.405 e. The lowest BCUT2D eigenvalue weighted by Crippen LogP contribution is -2.34. The van der Waals surface area contributed by atoms with Crippen LogP contribution in [0.3, 0.4) is 0 Å². The van der Waals surface area contributed by atoms with Crippen molar-refractivity contribution in [1.29, 1.82) is 0 Å². The molecule has 1 N–H and O–H groups in total. The number of carbonyl (C=O) groups is 1. The lowest BCUT2D eigenvalue weighted by molar-refractivity contribution is -0.138. The van der Waals surface area contributed by atoms with E-state index in [1.165, 1.54) is 6.07 Å². The molecule has 6 nitrogen and oxygen atoms in total. The molecule has 0 bridgehead atoms. The molecule has 0 aliphatic carbocycles. The summed E-state index contributed by atoms with van der Waals surface area (Å²) >= 11 is 0. The smallest absolute Gasteiger partial charge is 0.347 e. The number of amides is 1. The van der Waals surface area contributed by atoms with Crippen molar-refractivity contribution in [1.82, 2.24) is 24.7 Å². The lowest BCUT2D eigenvalue weighted by Gasteiger charge is -2.11. The van der Waals surface area contributed by atoms with Crippen molar-refractivity contribution in [3.8, 4) is 22.5 Å². The van der Waals surface area contributed by atoms with E-state index in [-0.39, 0.29) is 6.42 Å². The molecule has 0 fully saturated rings. The molecule has 4 rings (SSSR count). The first-order valence-electron chi connectivity index (χ1n) is 10.1. The van der Waals surface area contributed by atoms with Crippen LogP contribution in [0.4, 0.5) is 22.0 Å². The van der Waals surface area contributed by atoms with Gasteiger partial charge in [-0.15, -0.1) is 0 Å². The zero-order valence-electron chi connectivity index (χ0n) is 17.8. The Hall–Kier alpha value is -3.89. The quantitative estimate of drug-likeness (QED) is 0.407. The number of imidazole rings is 1. The minimum Gasteiger partial charge on any atom is -0.347 e. The molecule has 11 heteroatoms. The minimum atomic E-state index is -4.47. The van der Waals surface area contributed by atoms with Crippen LogP contribution in [-0.4, -0.2) is 38.0 Å². The van der Waals surface area contributed by atoms with E-state index in [0.717, 1.165) is 13.3 Å². The van der Waals surface area contributed by atoms with E-state index in [2.05, 4.69) is 15.0 Å². The molecule has 0 saturated carbocycles. The number of nitrogens with zero attached hydrogens (tertiary/aromatic N) is 4. The molecule has 0 saturated heterocycles. The van der Waals surface area contributed by atoms with Gasteiger partial charge in [-0.05, 0) is 29.8 Å². The molecule has 0 unspecified atom stereocenters. The highest BCUT2D eigenvalue weighted by Gasteiger charge is 2.28. The zero-order valence-corrected chi connectivity index (χ0v) is 17.8. The number of hydrogen-bond donors (Lipinski definition) is 1. The number of rotatable bonds is 6. The van der Waals surface area contributed by atoms with Crippen LogP contribution in [0, 0.1) is 0 Å². The number of hydrogen-bond acceptors (Lipinski definition) is 4. The molecule has 0 aliphatic heterocycles. The van der Waals surface area contributed by atoms with Crippen molar-refractivity contribution in [3.05, 3.63) is 72.4 Å². The fraction of sp³-hybridized carbons (Fsp3) is 0.217. The van der Waals surface area contributed by atoms with E-state index in [4.69, 9.17) is 0 Å². The van der Waals surface area contributed by atoms with E-state index in [9.17, 15) is 26.7 Å². The fourth-order valence-electron chi connectivity index (χ4n) is 3.40. The molecule has 34 heavy (non-hydrogen) atoms. The lowest BCUT2D eigenvalue weighted by atomic mass is 10.1. The number of nitrogens with one attached hydrogen (secondary N) is 1. The average molecular weight is 475 g/mol. The van der Waals surface area contributed by atoms with Gasteiger partial charge in [0.25, 0.3) is 5.92 Å². The Labute approximate surface area is 190 Å². The predicted molar refractivity (Wildman–Crippen MR) is 114 cm³/mol. The predicted octanol–water partition coefficient (Wildman–Crippen LogP) is 4.79. The molecule has 0 aliphatic rings. The van der Waals surface area contributed by atoms with Gasteiger partial charge in [0.15, 0.2) is 0 Å². The van der Waals surface area contributed by atoms with Crippen LogP contribution in [0.1, 0.15) is 18.2 Å².